The fourth-order valence-corrected chi connectivity index (χ4v) is 2.43. The zero-order chi connectivity index (χ0) is 13.1. The molecular formula is C12H21N3O3. The second-order valence-electron chi connectivity index (χ2n) is 5.00. The number of morpholine rings is 1. The summed E-state index contributed by atoms with van der Waals surface area (Å²) in [7, 11) is 2.04. The van der Waals surface area contributed by atoms with E-state index in [2.05, 4.69) is 10.2 Å². The average molecular weight is 255 g/mol. The molecule has 2 fully saturated rings. The summed E-state index contributed by atoms with van der Waals surface area (Å²) >= 11 is 0. The van der Waals surface area contributed by atoms with E-state index >= 15 is 0 Å². The summed E-state index contributed by atoms with van der Waals surface area (Å²) in [5.41, 5.74) is 0. The largest absolute Gasteiger partial charge is 0.374 e. The highest BCUT2D eigenvalue weighted by Gasteiger charge is 2.33. The van der Waals surface area contributed by atoms with E-state index in [0.29, 0.717) is 19.6 Å². The monoisotopic (exact) mass is 255 g/mol. The first-order chi connectivity index (χ1) is 8.60. The van der Waals surface area contributed by atoms with Crippen molar-refractivity contribution in [2.45, 2.75) is 25.5 Å². The molecule has 2 atom stereocenters. The molecule has 2 saturated heterocycles. The van der Waals surface area contributed by atoms with Crippen molar-refractivity contribution < 1.29 is 14.3 Å². The van der Waals surface area contributed by atoms with Crippen LogP contribution in [0.3, 0.4) is 0 Å². The van der Waals surface area contributed by atoms with Gasteiger partial charge in [-0.05, 0) is 13.5 Å². The van der Waals surface area contributed by atoms with Gasteiger partial charge in [0.1, 0.15) is 6.04 Å². The molecule has 2 aliphatic rings. The van der Waals surface area contributed by atoms with Gasteiger partial charge in [-0.15, -0.1) is 0 Å². The van der Waals surface area contributed by atoms with Crippen LogP contribution in [0.4, 0.5) is 0 Å². The van der Waals surface area contributed by atoms with Crippen molar-refractivity contribution in [3.8, 4) is 0 Å². The van der Waals surface area contributed by atoms with Gasteiger partial charge in [-0.25, -0.2) is 0 Å². The minimum absolute atomic E-state index is 0.00827. The summed E-state index contributed by atoms with van der Waals surface area (Å²) in [6, 6.07) is -0.368. The molecule has 0 spiro atoms. The van der Waals surface area contributed by atoms with Gasteiger partial charge in [0, 0.05) is 19.6 Å². The van der Waals surface area contributed by atoms with Gasteiger partial charge in [0.25, 0.3) is 0 Å². The Morgan fingerprint density at radius 3 is 2.89 bits per heavy atom. The fourth-order valence-electron chi connectivity index (χ4n) is 2.43. The molecule has 0 radical (unpaired) electrons. The maximum absolute atomic E-state index is 12.1. The van der Waals surface area contributed by atoms with Gasteiger partial charge < -0.3 is 19.9 Å². The van der Waals surface area contributed by atoms with Crippen molar-refractivity contribution in [2.24, 2.45) is 0 Å². The third-order valence-corrected chi connectivity index (χ3v) is 3.45. The molecule has 0 bridgehead atoms. The second kappa shape index (κ2) is 5.67. The number of likely N-dealkylation sites (N-methyl/N-ethyl adjacent to an activating group) is 1. The van der Waals surface area contributed by atoms with Gasteiger partial charge in [-0.2, -0.15) is 0 Å². The van der Waals surface area contributed by atoms with Crippen LogP contribution in [0.1, 0.15) is 13.3 Å². The predicted molar refractivity (Wildman–Crippen MR) is 66.0 cm³/mol. The number of hydrogen-bond acceptors (Lipinski definition) is 4. The van der Waals surface area contributed by atoms with Gasteiger partial charge in [0.15, 0.2) is 0 Å². The van der Waals surface area contributed by atoms with Crippen LogP contribution >= 0.6 is 0 Å². The Balaban J connectivity index is 1.94. The lowest BCUT2D eigenvalue weighted by Crippen LogP contribution is -2.60. The van der Waals surface area contributed by atoms with E-state index < -0.39 is 0 Å². The van der Waals surface area contributed by atoms with Gasteiger partial charge in [-0.1, -0.05) is 6.92 Å². The predicted octanol–water partition coefficient (Wildman–Crippen LogP) is -0.946. The number of carbonyl (C=O) groups is 2. The summed E-state index contributed by atoms with van der Waals surface area (Å²) in [5.74, 6) is -0.0699. The van der Waals surface area contributed by atoms with Gasteiger partial charge in [-0.3, -0.25) is 9.59 Å². The Hall–Kier alpha value is -1.14. The smallest absolute Gasteiger partial charge is 0.245 e. The summed E-state index contributed by atoms with van der Waals surface area (Å²) in [4.78, 5) is 27.4. The quantitative estimate of drug-likeness (QED) is 0.706. The Morgan fingerprint density at radius 1 is 1.44 bits per heavy atom. The third kappa shape index (κ3) is 3.00. The van der Waals surface area contributed by atoms with Crippen LogP contribution in [-0.4, -0.2) is 73.6 Å². The number of hydrogen-bond donors (Lipinski definition) is 1. The molecule has 0 aliphatic carbocycles. The van der Waals surface area contributed by atoms with Crippen molar-refractivity contribution in [1.82, 2.24) is 15.1 Å². The van der Waals surface area contributed by atoms with Crippen molar-refractivity contribution >= 4 is 11.8 Å². The minimum Gasteiger partial charge on any atom is -0.374 e. The Morgan fingerprint density at radius 2 is 2.22 bits per heavy atom. The normalized spacial score (nSPS) is 30.4. The second-order valence-corrected chi connectivity index (χ2v) is 5.00. The fraction of sp³-hybridized carbons (Fsp3) is 0.833. The number of ether oxygens (including phenoxy) is 1. The molecule has 2 aliphatic heterocycles. The molecule has 2 unspecified atom stereocenters. The molecule has 2 heterocycles. The maximum Gasteiger partial charge on any atom is 0.245 e. The molecule has 2 amide bonds. The summed E-state index contributed by atoms with van der Waals surface area (Å²) in [6.07, 6.45) is 0.642. The van der Waals surface area contributed by atoms with Crippen LogP contribution in [0.15, 0.2) is 0 Å². The average Bonchev–Trinajstić information content (AvgIpc) is 2.33. The van der Waals surface area contributed by atoms with Gasteiger partial charge in [0.05, 0.1) is 19.3 Å². The molecule has 6 heteroatoms. The Labute approximate surface area is 107 Å². The van der Waals surface area contributed by atoms with Crippen LogP contribution in [0.2, 0.25) is 0 Å². The number of rotatable bonds is 3. The van der Waals surface area contributed by atoms with Crippen molar-refractivity contribution in [1.29, 1.82) is 0 Å². The maximum atomic E-state index is 12.1. The van der Waals surface area contributed by atoms with Crippen LogP contribution in [0.25, 0.3) is 0 Å². The van der Waals surface area contributed by atoms with E-state index in [1.807, 2.05) is 14.0 Å². The van der Waals surface area contributed by atoms with E-state index in [9.17, 15) is 9.59 Å². The van der Waals surface area contributed by atoms with E-state index in [0.717, 1.165) is 13.1 Å². The molecule has 1 N–H and O–H groups in total. The zero-order valence-corrected chi connectivity index (χ0v) is 11.0. The highest BCUT2D eigenvalue weighted by molar-refractivity contribution is 5.94. The van der Waals surface area contributed by atoms with Gasteiger partial charge >= 0.3 is 0 Å². The number of piperazine rings is 1. The van der Waals surface area contributed by atoms with E-state index in [4.69, 9.17) is 4.74 Å². The van der Waals surface area contributed by atoms with E-state index in [1.54, 1.807) is 4.90 Å². The van der Waals surface area contributed by atoms with Crippen molar-refractivity contribution in [3.05, 3.63) is 0 Å². The van der Waals surface area contributed by atoms with Crippen molar-refractivity contribution in [3.63, 3.8) is 0 Å². The molecule has 2 rings (SSSR count). The Bertz CT molecular complexity index is 335. The standard InChI is InChI=1S/C12H21N3O3/c1-3-10-12(17)15(8-11(16)13-10)7-9-6-14(2)4-5-18-9/h9-10H,3-8H2,1-2H3,(H,13,16). The summed E-state index contributed by atoms with van der Waals surface area (Å²) in [6.45, 7) is 4.97. The first-order valence-corrected chi connectivity index (χ1v) is 6.48. The number of amides is 2. The SMILES string of the molecule is CCC1NC(=O)CN(CC2CN(C)CCO2)C1=O. The number of carbonyl (C=O) groups excluding carboxylic acids is 2. The summed E-state index contributed by atoms with van der Waals surface area (Å²) in [5, 5.41) is 2.71. The topological polar surface area (TPSA) is 61.9 Å². The molecule has 6 nitrogen and oxygen atoms in total. The van der Waals surface area contributed by atoms with Crippen molar-refractivity contribution in [2.75, 3.05) is 39.8 Å². The molecule has 0 aromatic carbocycles. The number of nitrogens with zero attached hydrogens (tertiary/aromatic N) is 2. The van der Waals surface area contributed by atoms with Crippen LogP contribution in [0.5, 0.6) is 0 Å². The van der Waals surface area contributed by atoms with Gasteiger partial charge in [0.2, 0.25) is 11.8 Å². The molecule has 102 valence electrons. The Kier molecular flexibility index (Phi) is 4.19. The van der Waals surface area contributed by atoms with E-state index in [-0.39, 0.29) is 30.5 Å². The first kappa shape index (κ1) is 13.3. The highest BCUT2D eigenvalue weighted by atomic mass is 16.5. The lowest BCUT2D eigenvalue weighted by molar-refractivity contribution is -0.147. The lowest BCUT2D eigenvalue weighted by Gasteiger charge is -2.37. The molecule has 0 aromatic rings. The van der Waals surface area contributed by atoms with Crippen LogP contribution < -0.4 is 5.32 Å². The molecule has 18 heavy (non-hydrogen) atoms. The third-order valence-electron chi connectivity index (χ3n) is 3.45. The number of nitrogens with one attached hydrogen (secondary N) is 1. The first-order valence-electron chi connectivity index (χ1n) is 6.48. The van der Waals surface area contributed by atoms with Crippen LogP contribution in [0, 0.1) is 0 Å². The minimum atomic E-state index is -0.368. The van der Waals surface area contributed by atoms with E-state index in [1.165, 1.54) is 0 Å². The molecular weight excluding hydrogens is 234 g/mol. The summed E-state index contributed by atoms with van der Waals surface area (Å²) < 4.78 is 5.64. The molecule has 0 saturated carbocycles. The lowest BCUT2D eigenvalue weighted by atomic mass is 10.1. The van der Waals surface area contributed by atoms with Crippen LogP contribution in [-0.2, 0) is 14.3 Å². The molecule has 0 aromatic heterocycles. The highest BCUT2D eigenvalue weighted by Crippen LogP contribution is 2.10. The zero-order valence-electron chi connectivity index (χ0n) is 11.0.